The lowest BCUT2D eigenvalue weighted by atomic mass is 9.91. The second kappa shape index (κ2) is 32.9. The van der Waals surface area contributed by atoms with E-state index in [1.54, 1.807) is 14.7 Å². The number of amides is 3. The quantitative estimate of drug-likeness (QED) is 0.147. The van der Waals surface area contributed by atoms with Crippen LogP contribution in [-0.4, -0.2) is 205 Å². The summed E-state index contributed by atoms with van der Waals surface area (Å²) < 4.78 is 16.2. The molecule has 6 aromatic carbocycles. The van der Waals surface area contributed by atoms with E-state index in [0.717, 1.165) is 161 Å². The van der Waals surface area contributed by atoms with E-state index in [1.807, 2.05) is 39.4 Å². The summed E-state index contributed by atoms with van der Waals surface area (Å²) in [7, 11) is 0. The van der Waals surface area contributed by atoms with Gasteiger partial charge in [0.15, 0.2) is 0 Å². The van der Waals surface area contributed by atoms with Crippen LogP contribution < -0.4 is 14.7 Å². The summed E-state index contributed by atoms with van der Waals surface area (Å²) in [6, 6.07) is 46.5. The lowest BCUT2D eigenvalue weighted by molar-refractivity contribution is 0.104. The van der Waals surface area contributed by atoms with E-state index < -0.39 is 0 Å². The molecule has 24 rings (SSSR count). The first-order valence-electron chi connectivity index (χ1n) is 36.6. The predicted octanol–water partition coefficient (Wildman–Crippen LogP) is 14.4. The topological polar surface area (TPSA) is 172 Å². The molecule has 12 bridgehead atoms. The van der Waals surface area contributed by atoms with Crippen molar-refractivity contribution in [1.29, 1.82) is 0 Å². The molecule has 3 saturated carbocycles. The molecule has 0 aromatic heterocycles. The molecule has 516 valence electrons. The van der Waals surface area contributed by atoms with Gasteiger partial charge in [-0.1, -0.05) is 148 Å². The monoisotopic (exact) mass is 1330 g/mol. The third-order valence-electron chi connectivity index (χ3n) is 20.8. The summed E-state index contributed by atoms with van der Waals surface area (Å²) in [5.74, 6) is 0. The summed E-state index contributed by atoms with van der Waals surface area (Å²) >= 11 is 0. The van der Waals surface area contributed by atoms with E-state index >= 15 is 0 Å². The average Bonchev–Trinajstić information content (AvgIpc) is 0.823. The average molecular weight is 1330 g/mol. The molecule has 18 aliphatic rings. The minimum absolute atomic E-state index is 0.00485. The Morgan fingerprint density at radius 1 is 0.303 bits per heavy atom. The van der Waals surface area contributed by atoms with E-state index in [4.69, 9.17) is 44.2 Å². The minimum Gasteiger partial charge on any atom is -0.450 e. The van der Waals surface area contributed by atoms with Crippen LogP contribution in [0.1, 0.15) is 131 Å². The van der Waals surface area contributed by atoms with Crippen LogP contribution >= 0.6 is 0 Å². The third-order valence-corrected chi connectivity index (χ3v) is 20.8. The molecule has 18 nitrogen and oxygen atoms in total. The van der Waals surface area contributed by atoms with Gasteiger partial charge in [-0.25, -0.2) is 14.4 Å². The zero-order chi connectivity index (χ0) is 67.9. The Bertz CT molecular complexity index is 3920. The Balaban J connectivity index is 0.831. The Labute approximate surface area is 584 Å². The molecular formula is C81H96N12O6. The minimum atomic E-state index is -0.269. The van der Waals surface area contributed by atoms with Crippen LogP contribution in [-0.2, 0) is 14.2 Å². The molecule has 18 heteroatoms. The van der Waals surface area contributed by atoms with Gasteiger partial charge in [-0.3, -0.25) is 30.0 Å². The van der Waals surface area contributed by atoms with Gasteiger partial charge in [0, 0.05) is 150 Å². The molecule has 15 aliphatic heterocycles. The van der Waals surface area contributed by atoms with Crippen LogP contribution in [0.15, 0.2) is 157 Å². The highest BCUT2D eigenvalue weighted by Gasteiger charge is 2.31. The number of hydrogen-bond acceptors (Lipinski definition) is 15. The number of benzene rings is 6. The fourth-order valence-corrected chi connectivity index (χ4v) is 15.0. The molecule has 0 spiro atoms. The van der Waals surface area contributed by atoms with Gasteiger partial charge in [-0.05, 0) is 128 Å². The van der Waals surface area contributed by atoms with Crippen LogP contribution in [0.5, 0.6) is 0 Å². The van der Waals surface area contributed by atoms with Crippen molar-refractivity contribution in [2.75, 3.05) is 113 Å². The van der Waals surface area contributed by atoms with E-state index in [2.05, 4.69) is 161 Å². The van der Waals surface area contributed by atoms with Crippen molar-refractivity contribution in [1.82, 2.24) is 14.7 Å². The second-order valence-corrected chi connectivity index (χ2v) is 27.1. The van der Waals surface area contributed by atoms with Crippen LogP contribution in [0.4, 0.5) is 31.4 Å². The molecule has 6 atom stereocenters. The van der Waals surface area contributed by atoms with Crippen LogP contribution in [0, 0.1) is 0 Å². The molecule has 3 saturated heterocycles. The molecule has 6 fully saturated rings. The molecular weight excluding hydrogens is 1240 g/mol. The molecule has 3 amide bonds. The first kappa shape index (κ1) is 68.1. The van der Waals surface area contributed by atoms with Crippen molar-refractivity contribution < 1.29 is 28.6 Å². The second-order valence-electron chi connectivity index (χ2n) is 27.1. The summed E-state index contributed by atoms with van der Waals surface area (Å²) in [5.41, 5.74) is 16.2. The molecule has 6 aromatic rings. The predicted molar refractivity (Wildman–Crippen MR) is 402 cm³/mol. The standard InChI is InChI=1S/C81H96N12O6/c1-4-97-79(94)91-43-37-88(38-44-91)76-49-64-31-34-67(76)55-85-73-16-10-9-15-72(73)84-54-60-23-29-63(30-24-60)66-33-36-69(78(51-66)90-41-47-93(48-42-90)81(96)99-6-3)57-87-75-18-12-11-17-74(75)86-56-68-35-32-65(50-77(68)89-39-45-92(46-40-89)80(95)98-5-2)62-27-21-59(22-28-62)53-83-71-14-8-7-13-70(71)82-52-58-19-25-61(64)26-20-58/h19-36,49-57,70-75H,4-18,37-48H2,1-3H3/t70-,71-,72-,73-,74-,75-/m1/s1. The normalized spacial score (nSPS) is 22.2. The van der Waals surface area contributed by atoms with E-state index in [-0.39, 0.29) is 54.5 Å². The fourth-order valence-electron chi connectivity index (χ4n) is 15.0. The highest BCUT2D eigenvalue weighted by molar-refractivity contribution is 5.94. The Morgan fingerprint density at radius 2 is 0.525 bits per heavy atom. The number of hydrogen-bond donors (Lipinski definition) is 0. The number of nitrogens with zero attached hydrogens (tertiary/aromatic N) is 12. The molecule has 0 unspecified atom stereocenters. The number of rotatable bonds is 6. The third kappa shape index (κ3) is 17.0. The maximum Gasteiger partial charge on any atom is 0.409 e. The Hall–Kier alpha value is -9.45. The van der Waals surface area contributed by atoms with Crippen LogP contribution in [0.25, 0.3) is 33.4 Å². The highest BCUT2D eigenvalue weighted by atomic mass is 16.6. The highest BCUT2D eigenvalue weighted by Crippen LogP contribution is 2.35. The largest absolute Gasteiger partial charge is 0.450 e. The van der Waals surface area contributed by atoms with Crippen molar-refractivity contribution in [2.24, 2.45) is 30.0 Å². The SMILES string of the molecule is CCOC(=O)N1CCN(c2cc3ccc2C=N[C@@H]2CCCC[C@H]2N=Cc2ccc(cc2)-c2ccc(c(N4CCN(C(=O)OCC)CC4)c2)C=N[C@@H]2CCCC[C@H]2N=Cc2ccc(cc2N2CCN(C(=O)OCC)CC2)-c2ccc(cc2)C=N[C@@H]2CCCC[C@H]2N=Cc2ccc-3cc2)CC1. The first-order valence-corrected chi connectivity index (χ1v) is 36.6. The van der Waals surface area contributed by atoms with Gasteiger partial charge in [0.2, 0.25) is 0 Å². The molecule has 99 heavy (non-hydrogen) atoms. The van der Waals surface area contributed by atoms with Crippen LogP contribution in [0.3, 0.4) is 0 Å². The molecule has 0 N–H and O–H groups in total. The molecule has 15 heterocycles. The van der Waals surface area contributed by atoms with Gasteiger partial charge in [-0.2, -0.15) is 0 Å². The number of carbonyl (C=O) groups is 3. The zero-order valence-corrected chi connectivity index (χ0v) is 58.0. The number of ether oxygens (including phenoxy) is 3. The van der Waals surface area contributed by atoms with Gasteiger partial charge in [0.1, 0.15) is 0 Å². The van der Waals surface area contributed by atoms with Crippen molar-refractivity contribution in [3.8, 4) is 33.4 Å². The van der Waals surface area contributed by atoms with E-state index in [0.29, 0.717) is 98.4 Å². The van der Waals surface area contributed by atoms with Crippen LogP contribution in [0.2, 0.25) is 0 Å². The van der Waals surface area contributed by atoms with Crippen molar-refractivity contribution in [2.45, 2.75) is 134 Å². The van der Waals surface area contributed by atoms with Gasteiger partial charge >= 0.3 is 18.3 Å². The fraction of sp³-hybridized carbons (Fsp3) is 0.444. The van der Waals surface area contributed by atoms with Gasteiger partial charge in [0.25, 0.3) is 0 Å². The number of anilines is 3. The first-order chi connectivity index (χ1) is 48.6. The van der Waals surface area contributed by atoms with Gasteiger partial charge < -0.3 is 43.6 Å². The lowest BCUT2D eigenvalue weighted by Crippen LogP contribution is -2.49. The summed E-state index contributed by atoms with van der Waals surface area (Å²) in [4.78, 5) is 83.1. The summed E-state index contributed by atoms with van der Waals surface area (Å²) in [6.45, 7) is 14.0. The van der Waals surface area contributed by atoms with E-state index in [9.17, 15) is 14.4 Å². The molecule has 0 radical (unpaired) electrons. The van der Waals surface area contributed by atoms with E-state index in [1.165, 1.54) is 0 Å². The van der Waals surface area contributed by atoms with Crippen molar-refractivity contribution in [3.05, 3.63) is 161 Å². The van der Waals surface area contributed by atoms with Gasteiger partial charge in [-0.15, -0.1) is 0 Å². The number of piperazine rings is 3. The van der Waals surface area contributed by atoms with Crippen molar-refractivity contribution >= 4 is 72.6 Å². The Morgan fingerprint density at radius 3 is 0.758 bits per heavy atom. The molecule has 3 aliphatic carbocycles. The maximum absolute atomic E-state index is 12.9. The smallest absolute Gasteiger partial charge is 0.409 e. The van der Waals surface area contributed by atoms with Crippen molar-refractivity contribution in [3.63, 3.8) is 0 Å². The zero-order valence-electron chi connectivity index (χ0n) is 58.0. The summed E-state index contributed by atoms with van der Waals surface area (Å²) in [6.07, 6.45) is 24.0. The van der Waals surface area contributed by atoms with Gasteiger partial charge in [0.05, 0.1) is 56.1 Å². The number of carbonyl (C=O) groups excluding carboxylic acids is 3. The Kier molecular flexibility index (Phi) is 22.7. The maximum atomic E-state index is 12.9. The summed E-state index contributed by atoms with van der Waals surface area (Å²) in [5, 5.41) is 0. The lowest BCUT2D eigenvalue weighted by Gasteiger charge is -2.36. The number of aliphatic imine (C=N–C) groups is 6.